The molecule has 1 saturated carbocycles. The Morgan fingerprint density at radius 2 is 2.10 bits per heavy atom. The Kier molecular flexibility index (Phi) is 4.39. The lowest BCUT2D eigenvalue weighted by atomic mass is 9.83. The summed E-state index contributed by atoms with van der Waals surface area (Å²) in [6.07, 6.45) is 4.51. The van der Waals surface area contributed by atoms with Crippen molar-refractivity contribution in [2.75, 3.05) is 6.54 Å². The average molecular weight is 300 g/mol. The van der Waals surface area contributed by atoms with Crippen LogP contribution in [0.5, 0.6) is 0 Å². The van der Waals surface area contributed by atoms with Gasteiger partial charge in [-0.05, 0) is 30.5 Å². The molecule has 1 aliphatic rings. The van der Waals surface area contributed by atoms with Gasteiger partial charge in [0.15, 0.2) is 0 Å². The first kappa shape index (κ1) is 14.9. The van der Waals surface area contributed by atoms with Gasteiger partial charge in [-0.15, -0.1) is 0 Å². The third kappa shape index (κ3) is 3.55. The lowest BCUT2D eigenvalue weighted by Crippen LogP contribution is -2.28. The number of benzene rings is 1. The Hall–Kier alpha value is -1.47. The molecule has 1 aliphatic carbocycles. The van der Waals surface area contributed by atoms with E-state index in [0.717, 1.165) is 24.6 Å². The van der Waals surface area contributed by atoms with Gasteiger partial charge in [0.2, 0.25) is 10.0 Å². The first-order valence-electron chi connectivity index (χ1n) is 6.48. The van der Waals surface area contributed by atoms with Crippen molar-refractivity contribution in [3.05, 3.63) is 29.6 Å². The number of hydrogen-bond donors (Lipinski definition) is 2. The summed E-state index contributed by atoms with van der Waals surface area (Å²) in [5.74, 6) is -0.773. The summed E-state index contributed by atoms with van der Waals surface area (Å²) in [5.41, 5.74) is -0.175. The quantitative estimate of drug-likeness (QED) is 0.861. The zero-order valence-electron chi connectivity index (χ0n) is 10.9. The molecule has 2 rings (SSSR count). The van der Waals surface area contributed by atoms with Gasteiger partial charge >= 0.3 is 0 Å². The first-order valence-corrected chi connectivity index (χ1v) is 8.03. The van der Waals surface area contributed by atoms with Crippen molar-refractivity contribution in [3.63, 3.8) is 0 Å². The van der Waals surface area contributed by atoms with Crippen molar-refractivity contribution in [2.45, 2.75) is 30.6 Å². The Bertz CT molecular complexity index is 612. The second kappa shape index (κ2) is 5.88. The molecule has 1 aromatic rings. The molecule has 3 N–H and O–H groups in total. The van der Waals surface area contributed by atoms with Crippen molar-refractivity contribution in [1.82, 2.24) is 5.32 Å². The molecule has 0 aliphatic heterocycles. The molecule has 0 spiro atoms. The highest BCUT2D eigenvalue weighted by atomic mass is 32.2. The third-order valence-electron chi connectivity index (χ3n) is 3.58. The molecule has 0 saturated heterocycles. The summed E-state index contributed by atoms with van der Waals surface area (Å²) in [6, 6.07) is 3.02. The van der Waals surface area contributed by atoms with E-state index in [-0.39, 0.29) is 10.5 Å². The maximum atomic E-state index is 13.7. The van der Waals surface area contributed by atoms with E-state index in [0.29, 0.717) is 12.5 Å². The van der Waals surface area contributed by atoms with Crippen LogP contribution < -0.4 is 10.5 Å². The summed E-state index contributed by atoms with van der Waals surface area (Å²) in [7, 11) is -3.96. The number of rotatable bonds is 5. The van der Waals surface area contributed by atoms with E-state index in [1.54, 1.807) is 0 Å². The number of amides is 1. The largest absolute Gasteiger partial charge is 0.352 e. The average Bonchev–Trinajstić information content (AvgIpc) is 2.30. The molecule has 1 fully saturated rings. The van der Waals surface area contributed by atoms with Crippen molar-refractivity contribution < 1.29 is 17.6 Å². The van der Waals surface area contributed by atoms with Crippen LogP contribution in [0.1, 0.15) is 36.0 Å². The molecular formula is C13H17FN2O3S. The van der Waals surface area contributed by atoms with Crippen LogP contribution in [-0.4, -0.2) is 20.9 Å². The number of hydrogen-bond acceptors (Lipinski definition) is 3. The second-order valence-corrected chi connectivity index (χ2v) is 6.59. The van der Waals surface area contributed by atoms with Crippen molar-refractivity contribution in [3.8, 4) is 0 Å². The highest BCUT2D eigenvalue weighted by Crippen LogP contribution is 2.28. The number of sulfonamides is 1. The molecule has 0 bridgehead atoms. The molecular weight excluding hydrogens is 283 g/mol. The van der Waals surface area contributed by atoms with E-state index in [1.165, 1.54) is 19.3 Å². The number of carbonyl (C=O) groups is 1. The Morgan fingerprint density at radius 3 is 2.60 bits per heavy atom. The topological polar surface area (TPSA) is 89.3 Å². The van der Waals surface area contributed by atoms with Gasteiger partial charge in [0, 0.05) is 6.54 Å². The van der Waals surface area contributed by atoms with Crippen molar-refractivity contribution in [2.24, 2.45) is 11.1 Å². The van der Waals surface area contributed by atoms with Gasteiger partial charge in [0.05, 0.1) is 10.5 Å². The summed E-state index contributed by atoms with van der Waals surface area (Å²) >= 11 is 0. The number of carbonyl (C=O) groups excluding carboxylic acids is 1. The maximum absolute atomic E-state index is 13.7. The van der Waals surface area contributed by atoms with Gasteiger partial charge in [-0.25, -0.2) is 17.9 Å². The van der Waals surface area contributed by atoms with Crippen LogP contribution in [0.25, 0.3) is 0 Å². The molecule has 20 heavy (non-hydrogen) atoms. The maximum Gasteiger partial charge on any atom is 0.254 e. The van der Waals surface area contributed by atoms with Gasteiger partial charge in [0.1, 0.15) is 5.82 Å². The molecule has 0 unspecified atom stereocenters. The van der Waals surface area contributed by atoms with Gasteiger partial charge in [-0.2, -0.15) is 0 Å². The van der Waals surface area contributed by atoms with E-state index in [9.17, 15) is 17.6 Å². The number of primary sulfonamides is 1. The smallest absolute Gasteiger partial charge is 0.254 e. The molecule has 0 aromatic heterocycles. The van der Waals surface area contributed by atoms with Gasteiger partial charge < -0.3 is 5.32 Å². The fourth-order valence-electron chi connectivity index (χ4n) is 2.12. The number of halogens is 1. The molecule has 1 aromatic carbocycles. The molecule has 1 amide bonds. The molecule has 5 nitrogen and oxygen atoms in total. The molecule has 7 heteroatoms. The van der Waals surface area contributed by atoms with Gasteiger partial charge in [0.25, 0.3) is 5.91 Å². The standard InChI is InChI=1S/C13H17FN2O3S/c14-12-8-10(20(15,18)19)4-5-11(12)13(17)16-7-6-9-2-1-3-9/h4-5,8-9H,1-3,6-7H2,(H,16,17)(H2,15,18,19). The fourth-order valence-corrected chi connectivity index (χ4v) is 2.65. The van der Waals surface area contributed by atoms with E-state index < -0.39 is 21.7 Å². The minimum atomic E-state index is -3.96. The summed E-state index contributed by atoms with van der Waals surface area (Å²) in [6.45, 7) is 0.500. The van der Waals surface area contributed by atoms with Crippen LogP contribution in [0.15, 0.2) is 23.1 Å². The van der Waals surface area contributed by atoms with Crippen LogP contribution in [-0.2, 0) is 10.0 Å². The highest BCUT2D eigenvalue weighted by Gasteiger charge is 2.19. The van der Waals surface area contributed by atoms with Crippen LogP contribution >= 0.6 is 0 Å². The Morgan fingerprint density at radius 1 is 1.40 bits per heavy atom. The van der Waals surface area contributed by atoms with Crippen LogP contribution in [0, 0.1) is 11.7 Å². The minimum Gasteiger partial charge on any atom is -0.352 e. The lowest BCUT2D eigenvalue weighted by molar-refractivity contribution is 0.0945. The van der Waals surface area contributed by atoms with E-state index in [1.807, 2.05) is 0 Å². The fraction of sp³-hybridized carbons (Fsp3) is 0.462. The van der Waals surface area contributed by atoms with E-state index in [2.05, 4.69) is 5.32 Å². The first-order chi connectivity index (χ1) is 9.38. The highest BCUT2D eigenvalue weighted by molar-refractivity contribution is 7.89. The predicted molar refractivity (Wildman–Crippen MR) is 72.1 cm³/mol. The molecule has 0 radical (unpaired) electrons. The summed E-state index contributed by atoms with van der Waals surface area (Å²) in [4.78, 5) is 11.4. The van der Waals surface area contributed by atoms with Crippen LogP contribution in [0.4, 0.5) is 4.39 Å². The summed E-state index contributed by atoms with van der Waals surface area (Å²) < 4.78 is 35.8. The number of nitrogens with one attached hydrogen (secondary N) is 1. The van der Waals surface area contributed by atoms with E-state index >= 15 is 0 Å². The molecule has 110 valence electrons. The lowest BCUT2D eigenvalue weighted by Gasteiger charge is -2.25. The van der Waals surface area contributed by atoms with Crippen molar-refractivity contribution >= 4 is 15.9 Å². The van der Waals surface area contributed by atoms with Gasteiger partial charge in [-0.1, -0.05) is 19.3 Å². The SMILES string of the molecule is NS(=O)(=O)c1ccc(C(=O)NCCC2CCC2)c(F)c1. The Balaban J connectivity index is 1.98. The van der Waals surface area contributed by atoms with Crippen LogP contribution in [0.3, 0.4) is 0 Å². The monoisotopic (exact) mass is 300 g/mol. The van der Waals surface area contributed by atoms with Gasteiger partial charge in [-0.3, -0.25) is 4.79 Å². The zero-order chi connectivity index (χ0) is 14.8. The molecule has 0 heterocycles. The summed E-state index contributed by atoms with van der Waals surface area (Å²) in [5, 5.41) is 7.53. The Labute approximate surface area is 117 Å². The van der Waals surface area contributed by atoms with E-state index in [4.69, 9.17) is 5.14 Å². The zero-order valence-corrected chi connectivity index (χ0v) is 11.7. The molecule has 0 atom stereocenters. The van der Waals surface area contributed by atoms with Crippen molar-refractivity contribution in [1.29, 1.82) is 0 Å². The predicted octanol–water partition coefficient (Wildman–Crippen LogP) is 1.39. The van der Waals surface area contributed by atoms with Crippen LogP contribution in [0.2, 0.25) is 0 Å². The minimum absolute atomic E-state index is 0.175. The second-order valence-electron chi connectivity index (χ2n) is 5.03. The number of nitrogens with two attached hydrogens (primary N) is 1. The normalized spacial score (nSPS) is 15.7. The third-order valence-corrected chi connectivity index (χ3v) is 4.49.